The minimum absolute atomic E-state index is 0.0163. The fourth-order valence-corrected chi connectivity index (χ4v) is 6.22. The van der Waals surface area contributed by atoms with E-state index in [9.17, 15) is 14.7 Å². The highest BCUT2D eigenvalue weighted by Crippen LogP contribution is 2.46. The zero-order chi connectivity index (χ0) is 23.0. The molecule has 0 bridgehead atoms. The van der Waals surface area contributed by atoms with Crippen LogP contribution in [0.4, 0.5) is 5.69 Å². The van der Waals surface area contributed by atoms with E-state index in [4.69, 9.17) is 9.84 Å². The molecule has 1 fully saturated rings. The van der Waals surface area contributed by atoms with Gasteiger partial charge in [-0.1, -0.05) is 39.8 Å². The molecule has 0 atom stereocenters. The summed E-state index contributed by atoms with van der Waals surface area (Å²) >= 11 is 1.10. The van der Waals surface area contributed by atoms with E-state index in [1.807, 2.05) is 24.3 Å². The summed E-state index contributed by atoms with van der Waals surface area (Å²) in [5, 5.41) is 22.0. The minimum Gasteiger partial charge on any atom is -0.480 e. The van der Waals surface area contributed by atoms with Gasteiger partial charge >= 0.3 is 11.9 Å². The molecule has 3 N–H and O–H groups in total. The lowest BCUT2D eigenvalue weighted by molar-refractivity contribution is -0.139. The van der Waals surface area contributed by atoms with Gasteiger partial charge in [0, 0.05) is 22.2 Å². The third-order valence-electron chi connectivity index (χ3n) is 5.70. The first-order chi connectivity index (χ1) is 14.4. The molecule has 2 aromatic rings. The molecule has 1 aliphatic rings. The standard InChI is InChI=1S/C24H31NO5S/c1-14-19(30-12-18(26)27)21(22(28)29)31-20(14)15-6-8-16(9-7-15)25-17-10-23(2,3)13-24(4,5)11-17/h6-9,17,25H,10-13H2,1-5H3,(H,26,27)(H,28,29). The molecular weight excluding hydrogens is 414 g/mol. The lowest BCUT2D eigenvalue weighted by Crippen LogP contribution is -2.40. The van der Waals surface area contributed by atoms with Gasteiger partial charge in [-0.25, -0.2) is 9.59 Å². The molecule has 168 valence electrons. The topological polar surface area (TPSA) is 95.9 Å². The smallest absolute Gasteiger partial charge is 0.349 e. The molecule has 0 radical (unpaired) electrons. The van der Waals surface area contributed by atoms with Crippen molar-refractivity contribution in [2.24, 2.45) is 10.8 Å². The Morgan fingerprint density at radius 1 is 1.10 bits per heavy atom. The van der Waals surface area contributed by atoms with Gasteiger partial charge in [-0.2, -0.15) is 0 Å². The van der Waals surface area contributed by atoms with Crippen molar-refractivity contribution in [3.05, 3.63) is 34.7 Å². The van der Waals surface area contributed by atoms with Crippen molar-refractivity contribution in [3.63, 3.8) is 0 Å². The normalized spacial score (nSPS) is 17.8. The van der Waals surface area contributed by atoms with Crippen molar-refractivity contribution in [1.29, 1.82) is 0 Å². The third kappa shape index (κ3) is 5.58. The first kappa shape index (κ1) is 23.1. The molecule has 0 amide bonds. The summed E-state index contributed by atoms with van der Waals surface area (Å²) in [4.78, 5) is 23.2. The maximum atomic E-state index is 11.6. The summed E-state index contributed by atoms with van der Waals surface area (Å²) < 4.78 is 5.27. The Balaban J connectivity index is 1.81. The zero-order valence-electron chi connectivity index (χ0n) is 18.7. The number of carbonyl (C=O) groups is 2. The van der Waals surface area contributed by atoms with Crippen molar-refractivity contribution in [1.82, 2.24) is 0 Å². The molecule has 1 heterocycles. The Morgan fingerprint density at radius 3 is 2.19 bits per heavy atom. The Kier molecular flexibility index (Phi) is 6.37. The fourth-order valence-electron chi connectivity index (χ4n) is 5.12. The van der Waals surface area contributed by atoms with Crippen LogP contribution in [0.5, 0.6) is 5.75 Å². The molecule has 1 aromatic heterocycles. The molecular formula is C24H31NO5S. The summed E-state index contributed by atoms with van der Waals surface area (Å²) in [7, 11) is 0. The molecule has 1 aliphatic carbocycles. The molecule has 6 nitrogen and oxygen atoms in total. The van der Waals surface area contributed by atoms with Crippen molar-refractivity contribution >= 4 is 29.0 Å². The van der Waals surface area contributed by atoms with E-state index >= 15 is 0 Å². The molecule has 0 aliphatic heterocycles. The highest BCUT2D eigenvalue weighted by atomic mass is 32.1. The molecule has 1 aromatic carbocycles. The first-order valence-electron chi connectivity index (χ1n) is 10.5. The maximum absolute atomic E-state index is 11.6. The number of carboxylic acids is 2. The second kappa shape index (κ2) is 8.54. The highest BCUT2D eigenvalue weighted by molar-refractivity contribution is 7.18. The van der Waals surface area contributed by atoms with Crippen LogP contribution in [-0.2, 0) is 4.79 Å². The first-order valence-corrected chi connectivity index (χ1v) is 11.3. The van der Waals surface area contributed by atoms with Gasteiger partial charge in [0.1, 0.15) is 5.75 Å². The van der Waals surface area contributed by atoms with Gasteiger partial charge in [0.2, 0.25) is 0 Å². The predicted molar refractivity (Wildman–Crippen MR) is 123 cm³/mol. The van der Waals surface area contributed by atoms with Crippen molar-refractivity contribution in [3.8, 4) is 16.2 Å². The Morgan fingerprint density at radius 2 is 1.68 bits per heavy atom. The second-order valence-corrected chi connectivity index (χ2v) is 11.1. The number of aromatic carboxylic acids is 1. The number of benzene rings is 1. The number of rotatable bonds is 7. The van der Waals surface area contributed by atoms with Crippen LogP contribution in [0.15, 0.2) is 24.3 Å². The number of hydrogen-bond acceptors (Lipinski definition) is 5. The molecule has 31 heavy (non-hydrogen) atoms. The van der Waals surface area contributed by atoms with E-state index in [1.54, 1.807) is 6.92 Å². The van der Waals surface area contributed by atoms with E-state index in [2.05, 4.69) is 33.0 Å². The zero-order valence-corrected chi connectivity index (χ0v) is 19.6. The summed E-state index contributed by atoms with van der Waals surface area (Å²) in [5.74, 6) is -2.14. The SMILES string of the molecule is Cc1c(-c2ccc(NC3CC(C)(C)CC(C)(C)C3)cc2)sc(C(=O)O)c1OCC(=O)O. The summed E-state index contributed by atoms with van der Waals surface area (Å²) in [6.45, 7) is 10.5. The van der Waals surface area contributed by atoms with Crippen LogP contribution in [0.25, 0.3) is 10.4 Å². The third-order valence-corrected chi connectivity index (χ3v) is 7.01. The number of ether oxygens (including phenoxy) is 1. The van der Waals surface area contributed by atoms with Gasteiger partial charge in [-0.15, -0.1) is 11.3 Å². The van der Waals surface area contributed by atoms with E-state index in [-0.39, 0.29) is 10.6 Å². The lowest BCUT2D eigenvalue weighted by Gasteiger charge is -2.45. The Bertz CT molecular complexity index is 959. The van der Waals surface area contributed by atoms with Gasteiger partial charge in [0.15, 0.2) is 11.5 Å². The van der Waals surface area contributed by atoms with Crippen LogP contribution in [-0.4, -0.2) is 34.8 Å². The molecule has 0 spiro atoms. The van der Waals surface area contributed by atoms with E-state index in [0.717, 1.165) is 40.3 Å². The summed E-state index contributed by atoms with van der Waals surface area (Å²) in [5.41, 5.74) is 3.16. The molecule has 3 rings (SSSR count). The Labute approximate surface area is 187 Å². The highest BCUT2D eigenvalue weighted by Gasteiger charge is 2.38. The van der Waals surface area contributed by atoms with Gasteiger partial charge < -0.3 is 20.3 Å². The molecule has 7 heteroatoms. The number of nitrogens with one attached hydrogen (secondary N) is 1. The average molecular weight is 446 g/mol. The van der Waals surface area contributed by atoms with Gasteiger partial charge in [-0.3, -0.25) is 0 Å². The van der Waals surface area contributed by atoms with Crippen LogP contribution >= 0.6 is 11.3 Å². The second-order valence-electron chi connectivity index (χ2n) is 10.0. The lowest BCUT2D eigenvalue weighted by atomic mass is 9.63. The number of aliphatic carboxylic acids is 1. The molecule has 0 unspecified atom stereocenters. The van der Waals surface area contributed by atoms with Gasteiger partial charge in [0.05, 0.1) is 0 Å². The number of anilines is 1. The van der Waals surface area contributed by atoms with E-state index in [0.29, 0.717) is 22.4 Å². The van der Waals surface area contributed by atoms with Crippen LogP contribution in [0.3, 0.4) is 0 Å². The fraction of sp³-hybridized carbons (Fsp3) is 0.500. The van der Waals surface area contributed by atoms with Crippen LogP contribution in [0.1, 0.15) is 62.2 Å². The van der Waals surface area contributed by atoms with Crippen LogP contribution < -0.4 is 10.1 Å². The number of thiophene rings is 1. The maximum Gasteiger partial charge on any atom is 0.349 e. The minimum atomic E-state index is -1.15. The average Bonchev–Trinajstić information content (AvgIpc) is 2.94. The summed E-state index contributed by atoms with van der Waals surface area (Å²) in [6.07, 6.45) is 3.45. The van der Waals surface area contributed by atoms with Crippen molar-refractivity contribution in [2.75, 3.05) is 11.9 Å². The van der Waals surface area contributed by atoms with Crippen LogP contribution in [0.2, 0.25) is 0 Å². The van der Waals surface area contributed by atoms with Gasteiger partial charge in [0.25, 0.3) is 0 Å². The largest absolute Gasteiger partial charge is 0.480 e. The Hall–Kier alpha value is -2.54. The molecule has 1 saturated carbocycles. The predicted octanol–water partition coefficient (Wildman–Crippen LogP) is 5.90. The van der Waals surface area contributed by atoms with E-state index in [1.165, 1.54) is 6.42 Å². The number of carboxylic acid groups (broad SMARTS) is 2. The quantitative estimate of drug-likeness (QED) is 0.491. The van der Waals surface area contributed by atoms with Gasteiger partial charge in [-0.05, 0) is 54.7 Å². The molecule has 0 saturated heterocycles. The van der Waals surface area contributed by atoms with Crippen LogP contribution in [0, 0.1) is 17.8 Å². The van der Waals surface area contributed by atoms with Crippen molar-refractivity contribution in [2.45, 2.75) is 59.9 Å². The summed E-state index contributed by atoms with van der Waals surface area (Å²) in [6, 6.07) is 8.37. The van der Waals surface area contributed by atoms with Crippen molar-refractivity contribution < 1.29 is 24.5 Å². The van der Waals surface area contributed by atoms with E-state index < -0.39 is 18.5 Å². The monoisotopic (exact) mass is 445 g/mol. The number of hydrogen-bond donors (Lipinski definition) is 3.